The average Bonchev–Trinajstić information content (AvgIpc) is 2.72. The molecule has 0 aliphatic heterocycles. The van der Waals surface area contributed by atoms with Crippen LogP contribution in [0.3, 0.4) is 0 Å². The Bertz CT molecular complexity index is 688. The van der Waals surface area contributed by atoms with Gasteiger partial charge in [0.25, 0.3) is 0 Å². The van der Waals surface area contributed by atoms with Crippen LogP contribution in [0.5, 0.6) is 0 Å². The maximum atomic E-state index is 6.11. The van der Waals surface area contributed by atoms with E-state index in [0.29, 0.717) is 5.02 Å². The Balaban J connectivity index is 2.22. The van der Waals surface area contributed by atoms with Crippen LogP contribution in [0.15, 0.2) is 36.7 Å². The molecule has 0 unspecified atom stereocenters. The van der Waals surface area contributed by atoms with Gasteiger partial charge in [-0.1, -0.05) is 11.6 Å². The zero-order valence-electron chi connectivity index (χ0n) is 9.24. The van der Waals surface area contributed by atoms with Gasteiger partial charge in [-0.25, -0.2) is 0 Å². The summed E-state index contributed by atoms with van der Waals surface area (Å²) in [5.41, 5.74) is 4.87. The maximum Gasteiger partial charge on any atom is 0.0888 e. The van der Waals surface area contributed by atoms with Crippen LogP contribution in [-0.4, -0.2) is 15.0 Å². The highest BCUT2D eigenvalue weighted by atomic mass is 35.5. The van der Waals surface area contributed by atoms with Gasteiger partial charge in [-0.3, -0.25) is 9.97 Å². The van der Waals surface area contributed by atoms with E-state index in [0.717, 1.165) is 28.0 Å². The highest BCUT2D eigenvalue weighted by Gasteiger charge is 2.07. The quantitative estimate of drug-likeness (QED) is 0.710. The Labute approximate surface area is 103 Å². The van der Waals surface area contributed by atoms with Gasteiger partial charge >= 0.3 is 0 Å². The molecule has 0 aromatic carbocycles. The molecule has 0 saturated carbocycles. The number of rotatable bonds is 1. The number of H-pyrrole nitrogens is 1. The van der Waals surface area contributed by atoms with Crippen LogP contribution < -0.4 is 0 Å². The minimum absolute atomic E-state index is 0.635. The molecule has 1 N–H and O–H groups in total. The third-order valence-corrected chi connectivity index (χ3v) is 2.98. The summed E-state index contributed by atoms with van der Waals surface area (Å²) >= 11 is 6.11. The predicted octanol–water partition coefficient (Wildman–Crippen LogP) is 3.59. The van der Waals surface area contributed by atoms with Crippen molar-refractivity contribution in [1.82, 2.24) is 15.0 Å². The van der Waals surface area contributed by atoms with Crippen molar-refractivity contribution in [2.45, 2.75) is 6.92 Å². The third-order valence-electron chi connectivity index (χ3n) is 2.68. The lowest BCUT2D eigenvalue weighted by atomic mass is 10.2. The predicted molar refractivity (Wildman–Crippen MR) is 69.1 cm³/mol. The van der Waals surface area contributed by atoms with Crippen LogP contribution in [0.1, 0.15) is 5.69 Å². The van der Waals surface area contributed by atoms with E-state index < -0.39 is 0 Å². The molecule has 0 amide bonds. The number of aromatic nitrogens is 3. The van der Waals surface area contributed by atoms with E-state index in [-0.39, 0.29) is 0 Å². The molecule has 0 fully saturated rings. The van der Waals surface area contributed by atoms with Crippen molar-refractivity contribution < 1.29 is 0 Å². The molecule has 0 aliphatic carbocycles. The van der Waals surface area contributed by atoms with E-state index in [9.17, 15) is 0 Å². The second kappa shape index (κ2) is 3.86. The minimum atomic E-state index is 0.635. The van der Waals surface area contributed by atoms with E-state index in [4.69, 9.17) is 11.6 Å². The molecule has 0 radical (unpaired) electrons. The lowest BCUT2D eigenvalue weighted by Gasteiger charge is -1.98. The molecular weight excluding hydrogens is 234 g/mol. The summed E-state index contributed by atoms with van der Waals surface area (Å²) in [7, 11) is 0. The van der Waals surface area contributed by atoms with E-state index in [1.54, 1.807) is 12.4 Å². The molecule has 0 saturated heterocycles. The van der Waals surface area contributed by atoms with Gasteiger partial charge in [-0.15, -0.1) is 0 Å². The fraction of sp³-hybridized carbons (Fsp3) is 0.0769. The number of halogens is 1. The molecule has 0 bridgehead atoms. The average molecular weight is 244 g/mol. The van der Waals surface area contributed by atoms with Gasteiger partial charge in [-0.05, 0) is 31.2 Å². The summed E-state index contributed by atoms with van der Waals surface area (Å²) in [5.74, 6) is 0. The second-order valence-electron chi connectivity index (χ2n) is 3.92. The normalized spacial score (nSPS) is 10.9. The standard InChI is InChI=1S/C13H10ClN3/c1-8-2-3-11-13(16-8)6-12(17-11)9-4-5-15-7-10(9)14/h2-7,17H,1H3. The van der Waals surface area contributed by atoms with Crippen LogP contribution in [0.2, 0.25) is 5.02 Å². The van der Waals surface area contributed by atoms with Gasteiger partial charge in [0.2, 0.25) is 0 Å². The second-order valence-corrected chi connectivity index (χ2v) is 4.33. The summed E-state index contributed by atoms with van der Waals surface area (Å²) in [5, 5.41) is 0.635. The highest BCUT2D eigenvalue weighted by Crippen LogP contribution is 2.28. The number of hydrogen-bond acceptors (Lipinski definition) is 2. The topological polar surface area (TPSA) is 41.6 Å². The van der Waals surface area contributed by atoms with Gasteiger partial charge in [0.15, 0.2) is 0 Å². The van der Waals surface area contributed by atoms with Crippen molar-refractivity contribution in [2.24, 2.45) is 0 Å². The fourth-order valence-electron chi connectivity index (χ4n) is 1.85. The lowest BCUT2D eigenvalue weighted by molar-refractivity contribution is 1.26. The van der Waals surface area contributed by atoms with Crippen LogP contribution in [0, 0.1) is 6.92 Å². The van der Waals surface area contributed by atoms with Gasteiger partial charge in [-0.2, -0.15) is 0 Å². The lowest BCUT2D eigenvalue weighted by Crippen LogP contribution is -1.80. The molecule has 4 heteroatoms. The van der Waals surface area contributed by atoms with Crippen molar-refractivity contribution >= 4 is 22.6 Å². The van der Waals surface area contributed by atoms with Gasteiger partial charge in [0.1, 0.15) is 0 Å². The molecule has 3 rings (SSSR count). The molecule has 0 spiro atoms. The number of nitrogens with zero attached hydrogens (tertiary/aromatic N) is 2. The van der Waals surface area contributed by atoms with Crippen molar-refractivity contribution in [1.29, 1.82) is 0 Å². The Hall–Kier alpha value is -1.87. The first-order chi connectivity index (χ1) is 8.24. The Morgan fingerprint density at radius 1 is 1.24 bits per heavy atom. The summed E-state index contributed by atoms with van der Waals surface area (Å²) in [4.78, 5) is 11.7. The molecule has 0 atom stereocenters. The molecular formula is C13H10ClN3. The number of hydrogen-bond donors (Lipinski definition) is 1. The molecule has 84 valence electrons. The fourth-order valence-corrected chi connectivity index (χ4v) is 2.07. The van der Waals surface area contributed by atoms with Gasteiger partial charge in [0, 0.05) is 29.3 Å². The first kappa shape index (κ1) is 10.3. The van der Waals surface area contributed by atoms with Crippen LogP contribution in [0.25, 0.3) is 22.3 Å². The summed E-state index contributed by atoms with van der Waals surface area (Å²) in [6.07, 6.45) is 3.37. The summed E-state index contributed by atoms with van der Waals surface area (Å²) < 4.78 is 0. The van der Waals surface area contributed by atoms with E-state index in [1.165, 1.54) is 0 Å². The largest absolute Gasteiger partial charge is 0.353 e. The summed E-state index contributed by atoms with van der Waals surface area (Å²) in [6.45, 7) is 1.98. The van der Waals surface area contributed by atoms with Crippen molar-refractivity contribution in [3.63, 3.8) is 0 Å². The van der Waals surface area contributed by atoms with E-state index >= 15 is 0 Å². The SMILES string of the molecule is Cc1ccc2[nH]c(-c3ccncc3Cl)cc2n1. The van der Waals surface area contributed by atoms with Crippen LogP contribution in [0.4, 0.5) is 0 Å². The summed E-state index contributed by atoms with van der Waals surface area (Å²) in [6, 6.07) is 7.90. The Morgan fingerprint density at radius 2 is 2.12 bits per heavy atom. The number of nitrogens with one attached hydrogen (secondary N) is 1. The Morgan fingerprint density at radius 3 is 2.94 bits per heavy atom. The van der Waals surface area contributed by atoms with Crippen molar-refractivity contribution in [3.8, 4) is 11.3 Å². The first-order valence-electron chi connectivity index (χ1n) is 5.30. The molecule has 3 aromatic rings. The molecule has 0 aliphatic rings. The number of aryl methyl sites for hydroxylation is 1. The number of pyridine rings is 2. The molecule has 3 heterocycles. The maximum absolute atomic E-state index is 6.11. The third kappa shape index (κ3) is 1.78. The zero-order valence-corrected chi connectivity index (χ0v) is 9.99. The highest BCUT2D eigenvalue weighted by molar-refractivity contribution is 6.33. The van der Waals surface area contributed by atoms with Gasteiger partial charge < -0.3 is 4.98 Å². The van der Waals surface area contributed by atoms with Crippen molar-refractivity contribution in [2.75, 3.05) is 0 Å². The number of fused-ring (bicyclic) bond motifs is 1. The van der Waals surface area contributed by atoms with Crippen LogP contribution >= 0.6 is 11.6 Å². The van der Waals surface area contributed by atoms with E-state index in [2.05, 4.69) is 15.0 Å². The minimum Gasteiger partial charge on any atom is -0.353 e. The zero-order chi connectivity index (χ0) is 11.8. The van der Waals surface area contributed by atoms with E-state index in [1.807, 2.05) is 31.2 Å². The van der Waals surface area contributed by atoms with Gasteiger partial charge in [0.05, 0.1) is 16.1 Å². The monoisotopic (exact) mass is 243 g/mol. The molecule has 3 nitrogen and oxygen atoms in total. The van der Waals surface area contributed by atoms with Crippen LogP contribution in [-0.2, 0) is 0 Å². The number of aromatic amines is 1. The van der Waals surface area contributed by atoms with Crippen molar-refractivity contribution in [3.05, 3.63) is 47.4 Å². The molecule has 3 aromatic heterocycles. The smallest absolute Gasteiger partial charge is 0.0888 e. The molecule has 17 heavy (non-hydrogen) atoms. The Kier molecular flexibility index (Phi) is 2.34. The first-order valence-corrected chi connectivity index (χ1v) is 5.68.